The molecule has 0 amide bonds. The number of aromatic nitrogens is 1. The number of hydrogen-bond acceptors (Lipinski definition) is 4. The fourth-order valence-corrected chi connectivity index (χ4v) is 2.61. The van der Waals surface area contributed by atoms with E-state index in [9.17, 15) is 0 Å². The van der Waals surface area contributed by atoms with Gasteiger partial charge in [0.1, 0.15) is 5.76 Å². The lowest BCUT2D eigenvalue weighted by atomic mass is 9.99. The number of fused-ring (bicyclic) bond motifs is 1. The molecule has 0 aliphatic carbocycles. The van der Waals surface area contributed by atoms with Crippen molar-refractivity contribution in [2.45, 2.75) is 25.3 Å². The number of nitrogens with zero attached hydrogens (tertiary/aromatic N) is 1. The predicted octanol–water partition coefficient (Wildman–Crippen LogP) is 2.84. The van der Waals surface area contributed by atoms with Crippen LogP contribution in [0.25, 0.3) is 10.9 Å². The Hall–Kier alpha value is -2.17. The highest BCUT2D eigenvalue weighted by Gasteiger charge is 2.11. The van der Waals surface area contributed by atoms with Crippen molar-refractivity contribution in [3.8, 4) is 0 Å². The van der Waals surface area contributed by atoms with Gasteiger partial charge in [-0.05, 0) is 42.7 Å². The highest BCUT2D eigenvalue weighted by Crippen LogP contribution is 2.19. The van der Waals surface area contributed by atoms with Crippen molar-refractivity contribution in [1.82, 2.24) is 10.4 Å². The molecule has 21 heavy (non-hydrogen) atoms. The second kappa shape index (κ2) is 6.52. The van der Waals surface area contributed by atoms with Crippen molar-refractivity contribution < 1.29 is 4.42 Å². The number of hydrogen-bond donors (Lipinski definition) is 2. The van der Waals surface area contributed by atoms with E-state index in [0.717, 1.165) is 30.5 Å². The van der Waals surface area contributed by atoms with Crippen LogP contribution in [0.15, 0.2) is 59.3 Å². The maximum Gasteiger partial charge on any atom is 0.103 e. The Kier molecular flexibility index (Phi) is 4.28. The lowest BCUT2D eigenvalue weighted by molar-refractivity contribution is 0.448. The van der Waals surface area contributed by atoms with E-state index >= 15 is 0 Å². The van der Waals surface area contributed by atoms with E-state index in [4.69, 9.17) is 10.3 Å². The molecule has 0 radical (unpaired) electrons. The zero-order valence-corrected chi connectivity index (χ0v) is 11.8. The van der Waals surface area contributed by atoms with Crippen LogP contribution in [0.4, 0.5) is 0 Å². The molecule has 0 aliphatic rings. The quantitative estimate of drug-likeness (QED) is 0.538. The minimum Gasteiger partial charge on any atom is -0.469 e. The first kappa shape index (κ1) is 13.8. The molecule has 1 unspecified atom stereocenters. The first-order valence-corrected chi connectivity index (χ1v) is 7.18. The summed E-state index contributed by atoms with van der Waals surface area (Å²) in [5.74, 6) is 6.70. The fourth-order valence-electron chi connectivity index (χ4n) is 2.61. The van der Waals surface area contributed by atoms with Gasteiger partial charge in [-0.15, -0.1) is 0 Å². The van der Waals surface area contributed by atoms with Gasteiger partial charge in [0.05, 0.1) is 11.8 Å². The Morgan fingerprint density at radius 1 is 1.14 bits per heavy atom. The molecule has 1 atom stereocenters. The van der Waals surface area contributed by atoms with Gasteiger partial charge in [0.2, 0.25) is 0 Å². The summed E-state index contributed by atoms with van der Waals surface area (Å²) in [7, 11) is 0. The molecule has 2 aromatic heterocycles. The second-order valence-electron chi connectivity index (χ2n) is 5.17. The molecule has 3 rings (SSSR count). The van der Waals surface area contributed by atoms with Gasteiger partial charge in [-0.2, -0.15) is 0 Å². The van der Waals surface area contributed by atoms with Crippen molar-refractivity contribution in [3.63, 3.8) is 0 Å². The van der Waals surface area contributed by atoms with Crippen LogP contribution in [-0.4, -0.2) is 11.0 Å². The minimum atomic E-state index is 0.209. The molecule has 0 saturated carbocycles. The zero-order valence-electron chi connectivity index (χ0n) is 11.8. The summed E-state index contributed by atoms with van der Waals surface area (Å²) in [6.07, 6.45) is 6.25. The number of furan rings is 1. The van der Waals surface area contributed by atoms with Crippen molar-refractivity contribution in [2.75, 3.05) is 0 Å². The van der Waals surface area contributed by atoms with Crippen LogP contribution in [-0.2, 0) is 12.8 Å². The van der Waals surface area contributed by atoms with Gasteiger partial charge in [-0.1, -0.05) is 18.2 Å². The maximum atomic E-state index is 5.71. The minimum absolute atomic E-state index is 0.209. The van der Waals surface area contributed by atoms with Crippen LogP contribution >= 0.6 is 0 Å². The van der Waals surface area contributed by atoms with Crippen LogP contribution in [0.2, 0.25) is 0 Å². The second-order valence-corrected chi connectivity index (χ2v) is 5.17. The predicted molar refractivity (Wildman–Crippen MR) is 83.6 cm³/mol. The maximum absolute atomic E-state index is 5.71. The molecular weight excluding hydrogens is 262 g/mol. The van der Waals surface area contributed by atoms with Crippen LogP contribution in [0.5, 0.6) is 0 Å². The lowest BCUT2D eigenvalue weighted by Crippen LogP contribution is -2.37. The van der Waals surface area contributed by atoms with E-state index in [-0.39, 0.29) is 6.04 Å². The Bertz CT molecular complexity index is 689. The first-order chi connectivity index (χ1) is 10.4. The summed E-state index contributed by atoms with van der Waals surface area (Å²) < 4.78 is 5.37. The van der Waals surface area contributed by atoms with Gasteiger partial charge < -0.3 is 4.42 Å². The number of nitrogens with two attached hydrogens (primary N) is 1. The number of hydrazine groups is 1. The van der Waals surface area contributed by atoms with Gasteiger partial charge in [-0.25, -0.2) is 0 Å². The molecule has 0 bridgehead atoms. The van der Waals surface area contributed by atoms with Crippen LogP contribution in [0.1, 0.15) is 17.7 Å². The Labute approximate surface area is 124 Å². The molecule has 4 heteroatoms. The smallest absolute Gasteiger partial charge is 0.103 e. The molecular formula is C17H19N3O. The van der Waals surface area contributed by atoms with Crippen LogP contribution in [0.3, 0.4) is 0 Å². The summed E-state index contributed by atoms with van der Waals surface area (Å²) in [6, 6.07) is 14.4. The largest absolute Gasteiger partial charge is 0.469 e. The van der Waals surface area contributed by atoms with E-state index in [2.05, 4.69) is 22.5 Å². The van der Waals surface area contributed by atoms with E-state index in [1.807, 2.05) is 36.5 Å². The third-order valence-corrected chi connectivity index (χ3v) is 3.76. The third kappa shape index (κ3) is 3.29. The van der Waals surface area contributed by atoms with E-state index < -0.39 is 0 Å². The summed E-state index contributed by atoms with van der Waals surface area (Å²) >= 11 is 0. The summed E-state index contributed by atoms with van der Waals surface area (Å²) in [5.41, 5.74) is 5.21. The Morgan fingerprint density at radius 2 is 2.05 bits per heavy atom. The molecule has 0 fully saturated rings. The number of aryl methyl sites for hydroxylation is 1. The van der Waals surface area contributed by atoms with E-state index in [1.54, 1.807) is 6.26 Å². The van der Waals surface area contributed by atoms with E-state index in [0.29, 0.717) is 0 Å². The fraction of sp³-hybridized carbons (Fsp3) is 0.235. The van der Waals surface area contributed by atoms with E-state index in [1.165, 1.54) is 10.9 Å². The van der Waals surface area contributed by atoms with Crippen LogP contribution < -0.4 is 11.3 Å². The van der Waals surface area contributed by atoms with Crippen LogP contribution in [0, 0.1) is 0 Å². The van der Waals surface area contributed by atoms with Gasteiger partial charge >= 0.3 is 0 Å². The zero-order chi connectivity index (χ0) is 14.5. The van der Waals surface area contributed by atoms with Crippen molar-refractivity contribution in [1.29, 1.82) is 0 Å². The third-order valence-electron chi connectivity index (χ3n) is 3.76. The highest BCUT2D eigenvalue weighted by molar-refractivity contribution is 5.81. The SMILES string of the molecule is NNC(CCc1ccco1)Cc1ccnc2ccccc12. The topological polar surface area (TPSA) is 64.1 Å². The molecule has 2 heterocycles. The normalized spacial score (nSPS) is 12.6. The van der Waals surface area contributed by atoms with Crippen molar-refractivity contribution in [3.05, 3.63) is 66.2 Å². The average molecular weight is 281 g/mol. The molecule has 3 N–H and O–H groups in total. The molecule has 0 spiro atoms. The molecule has 0 saturated heterocycles. The van der Waals surface area contributed by atoms with Gasteiger partial charge in [-0.3, -0.25) is 16.3 Å². The number of nitrogens with one attached hydrogen (secondary N) is 1. The summed E-state index contributed by atoms with van der Waals surface area (Å²) in [5, 5.41) is 1.19. The molecule has 4 nitrogen and oxygen atoms in total. The molecule has 0 aliphatic heterocycles. The monoisotopic (exact) mass is 281 g/mol. The number of benzene rings is 1. The van der Waals surface area contributed by atoms with Gasteiger partial charge in [0.25, 0.3) is 0 Å². The number of rotatable bonds is 6. The molecule has 108 valence electrons. The highest BCUT2D eigenvalue weighted by atomic mass is 16.3. The van der Waals surface area contributed by atoms with Gasteiger partial charge in [0.15, 0.2) is 0 Å². The van der Waals surface area contributed by atoms with Crippen molar-refractivity contribution in [2.24, 2.45) is 5.84 Å². The average Bonchev–Trinajstić information content (AvgIpc) is 3.05. The Morgan fingerprint density at radius 3 is 2.86 bits per heavy atom. The lowest BCUT2D eigenvalue weighted by Gasteiger charge is -2.16. The standard InChI is InChI=1S/C17H19N3O/c18-20-14(7-8-15-4-3-11-21-15)12-13-9-10-19-17-6-2-1-5-16(13)17/h1-6,9-11,14,20H,7-8,12,18H2. The molecule has 3 aromatic rings. The number of pyridine rings is 1. The summed E-state index contributed by atoms with van der Waals surface area (Å²) in [4.78, 5) is 4.39. The first-order valence-electron chi connectivity index (χ1n) is 7.18. The number of para-hydroxylation sites is 1. The van der Waals surface area contributed by atoms with Crippen molar-refractivity contribution >= 4 is 10.9 Å². The summed E-state index contributed by atoms with van der Waals surface area (Å²) in [6.45, 7) is 0. The molecule has 1 aromatic carbocycles. The Balaban J connectivity index is 1.73. The van der Waals surface area contributed by atoms with Gasteiger partial charge in [0, 0.05) is 24.0 Å².